The lowest BCUT2D eigenvalue weighted by Gasteiger charge is -2.31. The van der Waals surface area contributed by atoms with Gasteiger partial charge in [-0.05, 0) is 30.0 Å². The van der Waals surface area contributed by atoms with E-state index in [0.29, 0.717) is 0 Å². The van der Waals surface area contributed by atoms with E-state index in [4.69, 9.17) is 10.3 Å². The number of hydrogen-bond donors (Lipinski definition) is 3. The van der Waals surface area contributed by atoms with Crippen molar-refractivity contribution in [2.45, 2.75) is 37.3 Å². The van der Waals surface area contributed by atoms with Crippen LogP contribution in [-0.4, -0.2) is 52.7 Å². The smallest absolute Gasteiger partial charge is 0.325 e. The quantitative estimate of drug-likeness (QED) is 0.224. The average Bonchev–Trinajstić information content (AvgIpc) is 2.72. The van der Waals surface area contributed by atoms with E-state index >= 15 is 0 Å². The van der Waals surface area contributed by atoms with Crippen LogP contribution in [0.2, 0.25) is 0 Å². The maximum atomic E-state index is 13.3. The van der Waals surface area contributed by atoms with Crippen LogP contribution in [0, 0.1) is 16.0 Å². The normalized spacial score (nSPS) is 14.4. The zero-order chi connectivity index (χ0) is 24.8. The fraction of sp³-hybridized carbons (Fsp3) is 0.400. The van der Waals surface area contributed by atoms with Gasteiger partial charge in [-0.2, -0.15) is 4.31 Å². The zero-order valence-electron chi connectivity index (χ0n) is 18.2. The van der Waals surface area contributed by atoms with Crippen molar-refractivity contribution in [3.63, 3.8) is 0 Å². The largest absolute Gasteiger partial charge is 0.469 e. The number of nitrogens with two attached hydrogens (primary N) is 1. The maximum Gasteiger partial charge on any atom is 0.469 e. The van der Waals surface area contributed by atoms with Crippen LogP contribution in [0.1, 0.15) is 19.4 Å². The van der Waals surface area contributed by atoms with E-state index in [1.807, 2.05) is 0 Å². The SMILES string of the molecule is CC(C)CN(CC(OP(=O)(O)O)C(N)Cc1ccccc1)S(=O)(=O)c1ccc([N+](=O)[O-])cc1. The van der Waals surface area contributed by atoms with E-state index in [1.54, 1.807) is 44.2 Å². The van der Waals surface area contributed by atoms with Crippen LogP contribution in [0.15, 0.2) is 59.5 Å². The second kappa shape index (κ2) is 11.3. The molecular formula is C20H28N3O8PS. The van der Waals surface area contributed by atoms with Gasteiger partial charge in [0.1, 0.15) is 0 Å². The summed E-state index contributed by atoms with van der Waals surface area (Å²) in [6.07, 6.45) is -1.13. The van der Waals surface area contributed by atoms with Crippen LogP contribution in [0.5, 0.6) is 0 Å². The van der Waals surface area contributed by atoms with Crippen molar-refractivity contribution in [3.05, 3.63) is 70.3 Å². The molecule has 2 unspecified atom stereocenters. The molecule has 0 amide bonds. The lowest BCUT2D eigenvalue weighted by molar-refractivity contribution is -0.384. The summed E-state index contributed by atoms with van der Waals surface area (Å²) >= 11 is 0. The van der Waals surface area contributed by atoms with Gasteiger partial charge in [-0.1, -0.05) is 44.2 Å². The van der Waals surface area contributed by atoms with Gasteiger partial charge in [0.2, 0.25) is 10.0 Å². The highest BCUT2D eigenvalue weighted by atomic mass is 32.2. The monoisotopic (exact) mass is 501 g/mol. The van der Waals surface area contributed by atoms with Crippen molar-refractivity contribution in [2.24, 2.45) is 11.7 Å². The minimum atomic E-state index is -4.99. The van der Waals surface area contributed by atoms with Crippen molar-refractivity contribution in [1.82, 2.24) is 4.31 Å². The zero-order valence-corrected chi connectivity index (χ0v) is 19.9. The highest BCUT2D eigenvalue weighted by Crippen LogP contribution is 2.39. The van der Waals surface area contributed by atoms with E-state index in [0.717, 1.165) is 34.1 Å². The van der Waals surface area contributed by atoms with Crippen LogP contribution in [-0.2, 0) is 25.5 Å². The fourth-order valence-electron chi connectivity index (χ4n) is 3.21. The Morgan fingerprint density at radius 3 is 2.15 bits per heavy atom. The molecule has 2 rings (SSSR count). The summed E-state index contributed by atoms with van der Waals surface area (Å²) in [6, 6.07) is 12.4. The van der Waals surface area contributed by atoms with Crippen LogP contribution >= 0.6 is 7.82 Å². The molecule has 2 aromatic carbocycles. The molecule has 0 spiro atoms. The summed E-state index contributed by atoms with van der Waals surface area (Å²) in [6.45, 7) is 3.15. The van der Waals surface area contributed by atoms with Gasteiger partial charge < -0.3 is 15.5 Å². The molecule has 0 heterocycles. The topological polar surface area (TPSA) is 173 Å². The third-order valence-corrected chi connectivity index (χ3v) is 7.09. The molecule has 182 valence electrons. The van der Waals surface area contributed by atoms with Gasteiger partial charge in [-0.15, -0.1) is 0 Å². The first kappa shape index (κ1) is 27.1. The molecule has 0 aliphatic rings. The molecular weight excluding hydrogens is 473 g/mol. The molecule has 0 saturated heterocycles. The number of nitro groups is 1. The molecule has 2 aromatic rings. The summed E-state index contributed by atoms with van der Waals surface area (Å²) in [4.78, 5) is 28.9. The molecule has 4 N–H and O–H groups in total. The number of phosphoric acid groups is 1. The molecule has 0 aliphatic heterocycles. The van der Waals surface area contributed by atoms with Crippen LogP contribution < -0.4 is 5.73 Å². The Kier molecular flexibility index (Phi) is 9.27. The summed E-state index contributed by atoms with van der Waals surface area (Å²) in [5, 5.41) is 10.9. The molecule has 11 nitrogen and oxygen atoms in total. The minimum absolute atomic E-state index is 0.0123. The second-order valence-corrected chi connectivity index (χ2v) is 11.1. The Morgan fingerprint density at radius 1 is 1.09 bits per heavy atom. The Morgan fingerprint density at radius 2 is 1.67 bits per heavy atom. The van der Waals surface area contributed by atoms with Crippen LogP contribution in [0.25, 0.3) is 0 Å². The van der Waals surface area contributed by atoms with Gasteiger partial charge in [-0.3, -0.25) is 14.6 Å². The van der Waals surface area contributed by atoms with Crippen LogP contribution in [0.4, 0.5) is 5.69 Å². The van der Waals surface area contributed by atoms with Crippen molar-refractivity contribution < 1.29 is 32.2 Å². The number of nitrogens with zero attached hydrogens (tertiary/aromatic N) is 2. The molecule has 13 heteroatoms. The summed E-state index contributed by atoms with van der Waals surface area (Å²) < 4.78 is 44.1. The third kappa shape index (κ3) is 8.27. The summed E-state index contributed by atoms with van der Waals surface area (Å²) in [5.74, 6) is -0.140. The van der Waals surface area contributed by atoms with Gasteiger partial charge >= 0.3 is 7.82 Å². The molecule has 0 saturated carbocycles. The molecule has 0 aliphatic carbocycles. The molecule has 0 bridgehead atoms. The number of benzene rings is 2. The number of hydrogen-bond acceptors (Lipinski definition) is 7. The van der Waals surface area contributed by atoms with E-state index < -0.39 is 41.5 Å². The number of non-ortho nitro benzene ring substituents is 1. The van der Waals surface area contributed by atoms with Crippen LogP contribution in [0.3, 0.4) is 0 Å². The fourth-order valence-corrected chi connectivity index (χ4v) is 5.40. The van der Waals surface area contributed by atoms with E-state index in [1.165, 1.54) is 0 Å². The Labute approximate surface area is 192 Å². The van der Waals surface area contributed by atoms with Gasteiger partial charge in [-0.25, -0.2) is 13.0 Å². The Hall–Kier alpha value is -2.18. The number of sulfonamides is 1. The van der Waals surface area contributed by atoms with E-state index in [-0.39, 0.29) is 29.5 Å². The Bertz CT molecular complexity index is 1070. The van der Waals surface area contributed by atoms with Gasteiger partial charge in [0.15, 0.2) is 0 Å². The van der Waals surface area contributed by atoms with Gasteiger partial charge in [0.05, 0.1) is 15.9 Å². The number of rotatable bonds is 12. The van der Waals surface area contributed by atoms with E-state index in [9.17, 15) is 32.9 Å². The lowest BCUT2D eigenvalue weighted by Crippen LogP contribution is -2.48. The van der Waals surface area contributed by atoms with Gasteiger partial charge in [0.25, 0.3) is 5.69 Å². The molecule has 0 radical (unpaired) electrons. The molecule has 2 atom stereocenters. The minimum Gasteiger partial charge on any atom is -0.325 e. The maximum absolute atomic E-state index is 13.3. The first-order valence-corrected chi connectivity index (χ1v) is 13.0. The predicted octanol–water partition coefficient (Wildman–Crippen LogP) is 2.29. The average molecular weight is 501 g/mol. The standard InChI is InChI=1S/C20H28N3O8PS/c1-15(2)13-22(33(29,30)18-10-8-17(9-11-18)23(24)25)14-20(31-32(26,27)28)19(21)12-16-6-4-3-5-7-16/h3-11,15,19-20H,12-14,21H2,1-2H3,(H2,26,27,28). The first-order chi connectivity index (χ1) is 15.3. The predicted molar refractivity (Wildman–Crippen MR) is 122 cm³/mol. The highest BCUT2D eigenvalue weighted by Gasteiger charge is 2.34. The van der Waals surface area contributed by atoms with Crippen molar-refractivity contribution in [2.75, 3.05) is 13.1 Å². The van der Waals surface area contributed by atoms with Crippen molar-refractivity contribution in [3.8, 4) is 0 Å². The highest BCUT2D eigenvalue weighted by molar-refractivity contribution is 7.89. The summed E-state index contributed by atoms with van der Waals surface area (Å²) in [5.41, 5.74) is 6.73. The second-order valence-electron chi connectivity index (χ2n) is 7.95. The third-order valence-electron chi connectivity index (χ3n) is 4.70. The number of phosphoric ester groups is 1. The molecule has 33 heavy (non-hydrogen) atoms. The summed E-state index contributed by atoms with van der Waals surface area (Å²) in [7, 11) is -9.16. The van der Waals surface area contributed by atoms with Gasteiger partial charge in [0, 0.05) is 31.3 Å². The lowest BCUT2D eigenvalue weighted by atomic mass is 10.0. The molecule has 0 fully saturated rings. The van der Waals surface area contributed by atoms with E-state index in [2.05, 4.69) is 0 Å². The van der Waals surface area contributed by atoms with Crippen molar-refractivity contribution >= 4 is 23.5 Å². The Balaban J connectivity index is 2.37. The number of nitro benzene ring substituents is 1. The molecule has 0 aromatic heterocycles. The first-order valence-electron chi connectivity index (χ1n) is 10.1. The van der Waals surface area contributed by atoms with Crippen molar-refractivity contribution in [1.29, 1.82) is 0 Å².